The molecule has 0 spiro atoms. The van der Waals surface area contributed by atoms with Gasteiger partial charge in [-0.25, -0.2) is 14.2 Å². The van der Waals surface area contributed by atoms with Gasteiger partial charge in [0, 0.05) is 11.8 Å². The van der Waals surface area contributed by atoms with Gasteiger partial charge in [0.2, 0.25) is 5.88 Å². The smallest absolute Gasteiger partial charge is 0.416 e. The zero-order chi connectivity index (χ0) is 21.7. The highest BCUT2D eigenvalue weighted by molar-refractivity contribution is 6.07. The summed E-state index contributed by atoms with van der Waals surface area (Å²) in [5.41, 5.74) is -0.837. The number of nitrogens with zero attached hydrogens (tertiary/aromatic N) is 1. The summed E-state index contributed by atoms with van der Waals surface area (Å²) in [6, 6.07) is 12.2. The van der Waals surface area contributed by atoms with Gasteiger partial charge in [0.15, 0.2) is 0 Å². The molecule has 0 radical (unpaired) electrons. The van der Waals surface area contributed by atoms with Crippen molar-refractivity contribution < 1.29 is 31.9 Å². The average Bonchev–Trinajstić information content (AvgIpc) is 2.69. The summed E-state index contributed by atoms with van der Waals surface area (Å²) >= 11 is 0. The molecule has 2 N–H and O–H groups in total. The summed E-state index contributed by atoms with van der Waals surface area (Å²) in [7, 11) is 0. The van der Waals surface area contributed by atoms with E-state index in [0.29, 0.717) is 0 Å². The topological polar surface area (TPSA) is 80.3 Å². The predicted molar refractivity (Wildman–Crippen MR) is 98.6 cm³/mol. The highest BCUT2D eigenvalue weighted by Crippen LogP contribution is 2.32. The number of amides is 3. The van der Waals surface area contributed by atoms with E-state index in [2.05, 4.69) is 10.3 Å². The lowest BCUT2D eigenvalue weighted by atomic mass is 10.2. The van der Waals surface area contributed by atoms with Gasteiger partial charge in [0.05, 0.1) is 5.56 Å². The number of hydrogen-bond donors (Lipinski definition) is 2. The second-order valence-electron chi connectivity index (χ2n) is 5.90. The van der Waals surface area contributed by atoms with Gasteiger partial charge in [-0.1, -0.05) is 12.1 Å². The number of nitrogens with one attached hydrogen (secondary N) is 2. The minimum absolute atomic E-state index is 0.121. The minimum atomic E-state index is -4.54. The first kappa shape index (κ1) is 20.8. The number of hydrogen-bond acceptors (Lipinski definition) is 4. The van der Waals surface area contributed by atoms with E-state index < -0.39 is 29.5 Å². The Morgan fingerprint density at radius 3 is 2.33 bits per heavy atom. The van der Waals surface area contributed by atoms with Crippen molar-refractivity contribution >= 4 is 17.6 Å². The number of carbonyl (C=O) groups excluding carboxylic acids is 2. The fourth-order valence-corrected chi connectivity index (χ4v) is 2.32. The van der Waals surface area contributed by atoms with Crippen LogP contribution in [0.25, 0.3) is 0 Å². The predicted octanol–water partition coefficient (Wildman–Crippen LogP) is 4.99. The zero-order valence-corrected chi connectivity index (χ0v) is 15.0. The fraction of sp³-hybridized carbons (Fsp3) is 0.0500. The number of ether oxygens (including phenoxy) is 1. The van der Waals surface area contributed by atoms with Gasteiger partial charge in [-0.05, 0) is 48.5 Å². The maximum Gasteiger partial charge on any atom is 0.416 e. The number of carbonyl (C=O) groups is 2. The Morgan fingerprint density at radius 2 is 1.63 bits per heavy atom. The number of rotatable bonds is 4. The highest BCUT2D eigenvalue weighted by atomic mass is 19.4. The Hall–Kier alpha value is -3.95. The molecule has 2 aromatic carbocycles. The van der Waals surface area contributed by atoms with Gasteiger partial charge in [-0.2, -0.15) is 13.2 Å². The van der Waals surface area contributed by atoms with Crippen LogP contribution in [-0.4, -0.2) is 16.9 Å². The van der Waals surface area contributed by atoms with E-state index in [1.165, 1.54) is 42.5 Å². The van der Waals surface area contributed by atoms with Crippen molar-refractivity contribution in [3.8, 4) is 11.6 Å². The standard InChI is InChI=1S/C20H13F4N3O3/c21-13-7-9-14(10-8-13)25-19(29)27-18(28)16-5-2-6-17(26-16)30-15-4-1-3-12(11-15)20(22,23)24/h1-11H,(H2,25,27,28,29). The third kappa shape index (κ3) is 5.53. The van der Waals surface area contributed by atoms with E-state index in [-0.39, 0.29) is 23.0 Å². The van der Waals surface area contributed by atoms with Crippen molar-refractivity contribution in [2.75, 3.05) is 5.32 Å². The largest absolute Gasteiger partial charge is 0.439 e. The van der Waals surface area contributed by atoms with Crippen LogP contribution in [0.1, 0.15) is 16.1 Å². The van der Waals surface area contributed by atoms with Gasteiger partial charge < -0.3 is 10.1 Å². The second kappa shape index (κ2) is 8.60. The minimum Gasteiger partial charge on any atom is -0.439 e. The molecule has 0 bridgehead atoms. The summed E-state index contributed by atoms with van der Waals surface area (Å²) in [6.07, 6.45) is -4.54. The number of imide groups is 1. The Balaban J connectivity index is 1.66. The van der Waals surface area contributed by atoms with Gasteiger partial charge in [0.25, 0.3) is 5.91 Å². The maximum absolute atomic E-state index is 12.9. The summed E-state index contributed by atoms with van der Waals surface area (Å²) in [5, 5.41) is 4.37. The quantitative estimate of drug-likeness (QED) is 0.584. The third-order valence-electron chi connectivity index (χ3n) is 3.67. The Labute approximate surface area is 167 Å². The first-order valence-corrected chi connectivity index (χ1v) is 8.41. The number of aromatic nitrogens is 1. The van der Waals surface area contributed by atoms with Crippen LogP contribution >= 0.6 is 0 Å². The number of alkyl halides is 3. The van der Waals surface area contributed by atoms with Crippen LogP contribution in [-0.2, 0) is 6.18 Å². The van der Waals surface area contributed by atoms with E-state index in [1.807, 2.05) is 5.32 Å². The lowest BCUT2D eigenvalue weighted by Gasteiger charge is -2.10. The first-order chi connectivity index (χ1) is 14.2. The van der Waals surface area contributed by atoms with Gasteiger partial charge in [-0.15, -0.1) is 0 Å². The first-order valence-electron chi connectivity index (χ1n) is 8.41. The van der Waals surface area contributed by atoms with Crippen LogP contribution in [0.15, 0.2) is 66.7 Å². The zero-order valence-electron chi connectivity index (χ0n) is 15.0. The molecular weight excluding hydrogens is 406 g/mol. The molecule has 154 valence electrons. The van der Waals surface area contributed by atoms with Crippen molar-refractivity contribution in [1.82, 2.24) is 10.3 Å². The van der Waals surface area contributed by atoms with Crippen LogP contribution in [0.3, 0.4) is 0 Å². The van der Waals surface area contributed by atoms with Crippen LogP contribution in [0, 0.1) is 5.82 Å². The van der Waals surface area contributed by atoms with E-state index in [0.717, 1.165) is 24.3 Å². The Kier molecular flexibility index (Phi) is 5.95. The van der Waals surface area contributed by atoms with Crippen molar-refractivity contribution in [2.24, 2.45) is 0 Å². The van der Waals surface area contributed by atoms with Crippen LogP contribution in [0.5, 0.6) is 11.6 Å². The molecule has 1 aromatic heterocycles. The molecule has 3 aromatic rings. The van der Waals surface area contributed by atoms with E-state index in [9.17, 15) is 27.2 Å². The number of anilines is 1. The molecule has 0 aliphatic heterocycles. The summed E-state index contributed by atoms with van der Waals surface area (Å²) in [4.78, 5) is 28.0. The van der Waals surface area contributed by atoms with Crippen molar-refractivity contribution in [3.05, 3.63) is 83.8 Å². The number of halogens is 4. The molecule has 3 rings (SSSR count). The lowest BCUT2D eigenvalue weighted by Crippen LogP contribution is -2.34. The molecule has 3 amide bonds. The lowest BCUT2D eigenvalue weighted by molar-refractivity contribution is -0.137. The van der Waals surface area contributed by atoms with Gasteiger partial charge in [0.1, 0.15) is 17.3 Å². The number of pyridine rings is 1. The molecule has 0 aliphatic rings. The molecule has 0 saturated heterocycles. The highest BCUT2D eigenvalue weighted by Gasteiger charge is 2.30. The second-order valence-corrected chi connectivity index (χ2v) is 5.90. The SMILES string of the molecule is O=C(NC(=O)c1cccc(Oc2cccc(C(F)(F)F)c2)n1)Nc1ccc(F)cc1. The van der Waals surface area contributed by atoms with E-state index >= 15 is 0 Å². The van der Waals surface area contributed by atoms with Crippen LogP contribution in [0.4, 0.5) is 28.0 Å². The number of urea groups is 1. The van der Waals surface area contributed by atoms with Crippen molar-refractivity contribution in [1.29, 1.82) is 0 Å². The molecule has 30 heavy (non-hydrogen) atoms. The third-order valence-corrected chi connectivity index (χ3v) is 3.67. The number of benzene rings is 2. The Morgan fingerprint density at radius 1 is 0.933 bits per heavy atom. The van der Waals surface area contributed by atoms with E-state index in [4.69, 9.17) is 4.74 Å². The summed E-state index contributed by atoms with van der Waals surface area (Å²) < 4.78 is 56.5. The molecule has 0 unspecified atom stereocenters. The summed E-state index contributed by atoms with van der Waals surface area (Å²) in [5.74, 6) is -1.62. The molecule has 0 saturated carbocycles. The maximum atomic E-state index is 12.9. The molecular formula is C20H13F4N3O3. The normalized spacial score (nSPS) is 10.9. The molecule has 0 fully saturated rings. The summed E-state index contributed by atoms with van der Waals surface area (Å²) in [6.45, 7) is 0. The fourth-order valence-electron chi connectivity index (χ4n) is 2.32. The van der Waals surface area contributed by atoms with Crippen molar-refractivity contribution in [3.63, 3.8) is 0 Å². The van der Waals surface area contributed by atoms with Gasteiger partial charge >= 0.3 is 12.2 Å². The molecule has 10 heteroatoms. The van der Waals surface area contributed by atoms with Gasteiger partial charge in [-0.3, -0.25) is 10.1 Å². The Bertz CT molecular complexity index is 1070. The molecule has 1 heterocycles. The van der Waals surface area contributed by atoms with Crippen LogP contribution < -0.4 is 15.4 Å². The van der Waals surface area contributed by atoms with E-state index in [1.54, 1.807) is 0 Å². The van der Waals surface area contributed by atoms with Crippen LogP contribution in [0.2, 0.25) is 0 Å². The van der Waals surface area contributed by atoms with Crippen molar-refractivity contribution in [2.45, 2.75) is 6.18 Å². The average molecular weight is 419 g/mol. The molecule has 0 aliphatic carbocycles. The molecule has 0 atom stereocenters. The monoisotopic (exact) mass is 419 g/mol. The molecule has 6 nitrogen and oxygen atoms in total.